The highest BCUT2D eigenvalue weighted by molar-refractivity contribution is 5.88. The average molecular weight is 397 g/mol. The number of benzene rings is 2. The van der Waals surface area contributed by atoms with Crippen LogP contribution in [0.3, 0.4) is 0 Å². The third kappa shape index (κ3) is 6.93. The first-order valence-corrected chi connectivity index (χ1v) is 10.3. The van der Waals surface area contributed by atoms with Crippen LogP contribution < -0.4 is 10.1 Å². The number of rotatable bonds is 10. The summed E-state index contributed by atoms with van der Waals surface area (Å²) in [6, 6.07) is 16.8. The molecule has 0 heterocycles. The number of ether oxygens (including phenoxy) is 1. The van der Waals surface area contributed by atoms with Crippen molar-refractivity contribution in [2.45, 2.75) is 59.2 Å². The molecule has 5 nitrogen and oxygen atoms in total. The van der Waals surface area contributed by atoms with Gasteiger partial charge < -0.3 is 15.0 Å². The lowest BCUT2D eigenvalue weighted by molar-refractivity contribution is -0.143. The van der Waals surface area contributed by atoms with Crippen molar-refractivity contribution >= 4 is 11.8 Å². The van der Waals surface area contributed by atoms with Crippen LogP contribution >= 0.6 is 0 Å². The van der Waals surface area contributed by atoms with E-state index in [-0.39, 0.29) is 24.5 Å². The smallest absolute Gasteiger partial charge is 0.261 e. The Hall–Kier alpha value is -2.82. The molecule has 0 spiro atoms. The molecule has 0 saturated heterocycles. The molecule has 0 aromatic heterocycles. The standard InChI is InChI=1S/C24H32N2O3/c1-5-19(4)25-24(28)22(6-2)26(16-20-10-8-7-9-11-20)23(27)17-29-21-14-12-18(3)13-15-21/h7-15,19,22H,5-6,16-17H2,1-4H3,(H,25,28)/t19-,22-/m1/s1. The number of aryl methyl sites for hydroxylation is 1. The van der Waals surface area contributed by atoms with Gasteiger partial charge in [0.05, 0.1) is 0 Å². The Morgan fingerprint density at radius 3 is 2.24 bits per heavy atom. The van der Waals surface area contributed by atoms with E-state index in [1.807, 2.05) is 82.3 Å². The Bertz CT molecular complexity index is 774. The number of carbonyl (C=O) groups excluding carboxylic acids is 2. The van der Waals surface area contributed by atoms with Crippen molar-refractivity contribution in [3.8, 4) is 5.75 Å². The number of hydrogen-bond acceptors (Lipinski definition) is 3. The molecule has 2 atom stereocenters. The summed E-state index contributed by atoms with van der Waals surface area (Å²) in [6.45, 7) is 8.17. The van der Waals surface area contributed by atoms with Crippen molar-refractivity contribution in [1.29, 1.82) is 0 Å². The first kappa shape index (κ1) is 22.5. The van der Waals surface area contributed by atoms with Crippen LogP contribution in [-0.4, -0.2) is 35.4 Å². The van der Waals surface area contributed by atoms with Crippen molar-refractivity contribution in [2.75, 3.05) is 6.61 Å². The lowest BCUT2D eigenvalue weighted by Gasteiger charge is -2.31. The van der Waals surface area contributed by atoms with Gasteiger partial charge in [-0.3, -0.25) is 9.59 Å². The molecule has 2 aromatic rings. The highest BCUT2D eigenvalue weighted by Gasteiger charge is 2.29. The lowest BCUT2D eigenvalue weighted by atomic mass is 10.1. The van der Waals surface area contributed by atoms with Crippen LogP contribution in [0.25, 0.3) is 0 Å². The van der Waals surface area contributed by atoms with E-state index in [0.29, 0.717) is 18.7 Å². The fourth-order valence-electron chi connectivity index (χ4n) is 3.00. The molecule has 0 radical (unpaired) electrons. The Labute approximate surface area is 174 Å². The summed E-state index contributed by atoms with van der Waals surface area (Å²) >= 11 is 0. The zero-order valence-electron chi connectivity index (χ0n) is 17.9. The molecular weight excluding hydrogens is 364 g/mol. The zero-order valence-corrected chi connectivity index (χ0v) is 17.9. The van der Waals surface area contributed by atoms with E-state index in [2.05, 4.69) is 5.32 Å². The van der Waals surface area contributed by atoms with Gasteiger partial charge in [0.2, 0.25) is 5.91 Å². The van der Waals surface area contributed by atoms with Gasteiger partial charge in [-0.15, -0.1) is 0 Å². The molecule has 5 heteroatoms. The molecule has 2 amide bonds. The molecule has 2 aromatic carbocycles. The average Bonchev–Trinajstić information content (AvgIpc) is 2.73. The van der Waals surface area contributed by atoms with E-state index in [9.17, 15) is 9.59 Å². The second-order valence-electron chi connectivity index (χ2n) is 7.35. The van der Waals surface area contributed by atoms with Gasteiger partial charge >= 0.3 is 0 Å². The predicted molar refractivity (Wildman–Crippen MR) is 116 cm³/mol. The predicted octanol–water partition coefficient (Wildman–Crippen LogP) is 4.10. The minimum Gasteiger partial charge on any atom is -0.484 e. The third-order valence-electron chi connectivity index (χ3n) is 4.97. The second-order valence-corrected chi connectivity index (χ2v) is 7.35. The van der Waals surface area contributed by atoms with Crippen LogP contribution in [0.2, 0.25) is 0 Å². The number of amides is 2. The first-order chi connectivity index (χ1) is 13.9. The van der Waals surface area contributed by atoms with Crippen LogP contribution in [0, 0.1) is 6.92 Å². The fourth-order valence-corrected chi connectivity index (χ4v) is 3.00. The minimum atomic E-state index is -0.543. The van der Waals surface area contributed by atoms with Crippen LogP contribution in [0.4, 0.5) is 0 Å². The Balaban J connectivity index is 2.16. The first-order valence-electron chi connectivity index (χ1n) is 10.3. The van der Waals surface area contributed by atoms with E-state index in [0.717, 1.165) is 17.5 Å². The summed E-state index contributed by atoms with van der Waals surface area (Å²) in [5.41, 5.74) is 2.10. The Morgan fingerprint density at radius 2 is 1.66 bits per heavy atom. The molecule has 1 N–H and O–H groups in total. The molecular formula is C24H32N2O3. The SMILES string of the molecule is CC[C@@H](C)NC(=O)[C@@H](CC)N(Cc1ccccc1)C(=O)COc1ccc(C)cc1. The van der Waals surface area contributed by atoms with E-state index in [1.165, 1.54) is 0 Å². The molecule has 0 fully saturated rings. The van der Waals surface area contributed by atoms with Crippen molar-refractivity contribution in [3.63, 3.8) is 0 Å². The number of nitrogens with one attached hydrogen (secondary N) is 1. The maximum Gasteiger partial charge on any atom is 0.261 e. The van der Waals surface area contributed by atoms with Gasteiger partial charge in [0, 0.05) is 12.6 Å². The molecule has 0 aliphatic carbocycles. The van der Waals surface area contributed by atoms with Gasteiger partial charge in [-0.05, 0) is 44.4 Å². The molecule has 0 bridgehead atoms. The highest BCUT2D eigenvalue weighted by atomic mass is 16.5. The van der Waals surface area contributed by atoms with Crippen molar-refractivity contribution < 1.29 is 14.3 Å². The number of hydrogen-bond donors (Lipinski definition) is 1. The lowest BCUT2D eigenvalue weighted by Crippen LogP contribution is -2.51. The monoisotopic (exact) mass is 396 g/mol. The third-order valence-corrected chi connectivity index (χ3v) is 4.97. The quantitative estimate of drug-likeness (QED) is 0.658. The summed E-state index contributed by atoms with van der Waals surface area (Å²) < 4.78 is 5.70. The highest BCUT2D eigenvalue weighted by Crippen LogP contribution is 2.15. The molecule has 2 rings (SSSR count). The largest absolute Gasteiger partial charge is 0.484 e. The van der Waals surface area contributed by atoms with Crippen LogP contribution in [0.5, 0.6) is 5.75 Å². The van der Waals surface area contributed by atoms with Crippen molar-refractivity contribution in [2.24, 2.45) is 0 Å². The number of nitrogens with zero attached hydrogens (tertiary/aromatic N) is 1. The second kappa shape index (κ2) is 11.2. The normalized spacial score (nSPS) is 12.7. The van der Waals surface area contributed by atoms with Gasteiger partial charge in [0.1, 0.15) is 11.8 Å². The molecule has 29 heavy (non-hydrogen) atoms. The fraction of sp³-hybridized carbons (Fsp3) is 0.417. The summed E-state index contributed by atoms with van der Waals surface area (Å²) in [6.07, 6.45) is 1.37. The minimum absolute atomic E-state index is 0.0639. The maximum absolute atomic E-state index is 13.1. The van der Waals surface area contributed by atoms with Gasteiger partial charge in [-0.25, -0.2) is 0 Å². The van der Waals surface area contributed by atoms with Gasteiger partial charge in [-0.2, -0.15) is 0 Å². The van der Waals surface area contributed by atoms with E-state index in [1.54, 1.807) is 4.90 Å². The van der Waals surface area contributed by atoms with Crippen LogP contribution in [0.1, 0.15) is 44.7 Å². The topological polar surface area (TPSA) is 58.6 Å². The van der Waals surface area contributed by atoms with Crippen molar-refractivity contribution in [1.82, 2.24) is 10.2 Å². The van der Waals surface area contributed by atoms with Gasteiger partial charge in [-0.1, -0.05) is 61.9 Å². The molecule has 0 saturated carbocycles. The Morgan fingerprint density at radius 1 is 1.00 bits per heavy atom. The molecule has 0 unspecified atom stereocenters. The molecule has 156 valence electrons. The summed E-state index contributed by atoms with van der Waals surface area (Å²) in [5, 5.41) is 3.01. The van der Waals surface area contributed by atoms with Crippen LogP contribution in [-0.2, 0) is 16.1 Å². The van der Waals surface area contributed by atoms with E-state index < -0.39 is 6.04 Å². The number of carbonyl (C=O) groups is 2. The summed E-state index contributed by atoms with van der Waals surface area (Å²) in [7, 11) is 0. The van der Waals surface area contributed by atoms with E-state index in [4.69, 9.17) is 4.74 Å². The van der Waals surface area contributed by atoms with Crippen molar-refractivity contribution in [3.05, 3.63) is 65.7 Å². The zero-order chi connectivity index (χ0) is 21.2. The van der Waals surface area contributed by atoms with Gasteiger partial charge in [0.25, 0.3) is 5.91 Å². The summed E-state index contributed by atoms with van der Waals surface area (Å²) in [4.78, 5) is 27.5. The van der Waals surface area contributed by atoms with Gasteiger partial charge in [0.15, 0.2) is 6.61 Å². The molecule has 0 aliphatic rings. The maximum atomic E-state index is 13.1. The van der Waals surface area contributed by atoms with Crippen LogP contribution in [0.15, 0.2) is 54.6 Å². The van der Waals surface area contributed by atoms with E-state index >= 15 is 0 Å². The summed E-state index contributed by atoms with van der Waals surface area (Å²) in [5.74, 6) is 0.308. The Kier molecular flexibility index (Phi) is 8.71. The molecule has 0 aliphatic heterocycles.